The Hall–Kier alpha value is -0.510. The molecule has 0 aromatic carbocycles. The molecular formula is C9H14F3N. The van der Waals surface area contributed by atoms with E-state index in [1.807, 2.05) is 0 Å². The predicted octanol–water partition coefficient (Wildman–Crippen LogP) is 2.59. The van der Waals surface area contributed by atoms with E-state index in [1.54, 1.807) is 4.90 Å². The van der Waals surface area contributed by atoms with Crippen LogP contribution < -0.4 is 0 Å². The van der Waals surface area contributed by atoms with Crippen molar-refractivity contribution in [3.8, 4) is 0 Å². The summed E-state index contributed by atoms with van der Waals surface area (Å²) in [4.78, 5) is 1.59. The van der Waals surface area contributed by atoms with Gasteiger partial charge in [0, 0.05) is 19.4 Å². The van der Waals surface area contributed by atoms with Gasteiger partial charge in [0.1, 0.15) is 0 Å². The van der Waals surface area contributed by atoms with E-state index in [4.69, 9.17) is 0 Å². The third kappa shape index (κ3) is 3.81. The van der Waals surface area contributed by atoms with Gasteiger partial charge in [-0.05, 0) is 13.0 Å². The molecule has 1 nitrogen and oxygen atoms in total. The van der Waals surface area contributed by atoms with Crippen molar-refractivity contribution in [3.05, 3.63) is 12.4 Å². The highest BCUT2D eigenvalue weighted by Gasteiger charge is 2.34. The minimum atomic E-state index is -2.59. The molecule has 0 spiro atoms. The van der Waals surface area contributed by atoms with E-state index in [9.17, 15) is 13.2 Å². The number of halogens is 3. The Morgan fingerprint density at radius 3 is 2.69 bits per heavy atom. The molecule has 0 unspecified atom stereocenters. The summed E-state index contributed by atoms with van der Waals surface area (Å²) >= 11 is 0. The van der Waals surface area contributed by atoms with Crippen molar-refractivity contribution in [3.63, 3.8) is 0 Å². The average Bonchev–Trinajstić information content (AvgIpc) is 1.99. The van der Waals surface area contributed by atoms with Gasteiger partial charge in [0.15, 0.2) is 0 Å². The van der Waals surface area contributed by atoms with Gasteiger partial charge in [0.2, 0.25) is 0 Å². The van der Waals surface area contributed by atoms with Crippen molar-refractivity contribution < 1.29 is 13.2 Å². The lowest BCUT2D eigenvalue weighted by Gasteiger charge is -2.32. The van der Waals surface area contributed by atoms with Crippen LogP contribution in [0.1, 0.15) is 19.3 Å². The molecular weight excluding hydrogens is 179 g/mol. The van der Waals surface area contributed by atoms with E-state index in [1.165, 1.54) is 0 Å². The third-order valence-electron chi connectivity index (χ3n) is 2.17. The molecule has 0 atom stereocenters. The van der Waals surface area contributed by atoms with Crippen LogP contribution >= 0.6 is 0 Å². The first kappa shape index (κ1) is 10.6. The summed E-state index contributed by atoms with van der Waals surface area (Å²) in [6, 6.07) is 0. The summed E-state index contributed by atoms with van der Waals surface area (Å²) < 4.78 is 37.9. The van der Waals surface area contributed by atoms with E-state index >= 15 is 0 Å². The molecule has 1 saturated heterocycles. The Morgan fingerprint density at radius 2 is 2.15 bits per heavy atom. The largest absolute Gasteiger partial charge is 0.297 e. The van der Waals surface area contributed by atoms with Crippen LogP contribution in [0.3, 0.4) is 0 Å². The molecule has 1 rings (SSSR count). The van der Waals surface area contributed by atoms with Crippen molar-refractivity contribution in [2.24, 2.45) is 0 Å². The summed E-state index contributed by atoms with van der Waals surface area (Å²) in [5.41, 5.74) is 0. The average molecular weight is 193 g/mol. The van der Waals surface area contributed by atoms with Gasteiger partial charge in [0.05, 0.1) is 12.4 Å². The molecule has 0 saturated carbocycles. The summed E-state index contributed by atoms with van der Waals surface area (Å²) in [7, 11) is 0. The lowest BCUT2D eigenvalue weighted by Crippen LogP contribution is -2.42. The van der Waals surface area contributed by atoms with Crippen molar-refractivity contribution in [2.75, 3.05) is 19.6 Å². The van der Waals surface area contributed by atoms with E-state index in [2.05, 4.69) is 6.58 Å². The topological polar surface area (TPSA) is 3.24 Å². The minimum Gasteiger partial charge on any atom is -0.297 e. The minimum absolute atomic E-state index is 0.0416. The number of piperidine rings is 1. The highest BCUT2D eigenvalue weighted by Crippen LogP contribution is 2.26. The lowest BCUT2D eigenvalue weighted by molar-refractivity contribution is -0.0637. The molecule has 0 aromatic rings. The van der Waals surface area contributed by atoms with Gasteiger partial charge >= 0.3 is 0 Å². The fraction of sp³-hybridized carbons (Fsp3) is 0.778. The van der Waals surface area contributed by atoms with Gasteiger partial charge in [-0.1, -0.05) is 6.58 Å². The van der Waals surface area contributed by atoms with Gasteiger partial charge < -0.3 is 0 Å². The van der Waals surface area contributed by atoms with Crippen molar-refractivity contribution in [1.82, 2.24) is 4.90 Å². The second-order valence-electron chi connectivity index (χ2n) is 3.50. The van der Waals surface area contributed by atoms with Crippen LogP contribution in [-0.2, 0) is 0 Å². The lowest BCUT2D eigenvalue weighted by atomic mass is 10.1. The van der Waals surface area contributed by atoms with E-state index < -0.39 is 11.7 Å². The van der Waals surface area contributed by atoms with Crippen molar-refractivity contribution in [2.45, 2.75) is 25.2 Å². The Bertz CT molecular complexity index is 191. The number of alkyl halides is 2. The first-order chi connectivity index (χ1) is 5.99. The van der Waals surface area contributed by atoms with Gasteiger partial charge in [0.25, 0.3) is 5.92 Å². The van der Waals surface area contributed by atoms with Crippen LogP contribution in [0, 0.1) is 0 Å². The molecule has 0 aliphatic carbocycles. The Morgan fingerprint density at radius 1 is 1.46 bits per heavy atom. The molecule has 13 heavy (non-hydrogen) atoms. The highest BCUT2D eigenvalue weighted by molar-refractivity contribution is 4.84. The van der Waals surface area contributed by atoms with Crippen LogP contribution in [0.5, 0.6) is 0 Å². The monoisotopic (exact) mass is 193 g/mol. The fourth-order valence-electron chi connectivity index (χ4n) is 1.52. The molecule has 1 aliphatic rings. The normalized spacial score (nSPS) is 23.0. The maximum Gasteiger partial charge on any atom is 0.260 e. The summed E-state index contributed by atoms with van der Waals surface area (Å²) in [6.07, 6.45) is 0.613. The van der Waals surface area contributed by atoms with Crippen molar-refractivity contribution in [1.29, 1.82) is 0 Å². The number of hydrogen-bond donors (Lipinski definition) is 0. The van der Waals surface area contributed by atoms with Crippen LogP contribution in [0.25, 0.3) is 0 Å². The molecule has 1 heterocycles. The van der Waals surface area contributed by atoms with Gasteiger partial charge in [-0.3, -0.25) is 4.90 Å². The number of hydrogen-bond acceptors (Lipinski definition) is 1. The molecule has 0 radical (unpaired) electrons. The zero-order valence-corrected chi connectivity index (χ0v) is 7.53. The number of rotatable bonds is 3. The summed E-state index contributed by atoms with van der Waals surface area (Å²) in [6.45, 7) is 3.85. The quantitative estimate of drug-likeness (QED) is 0.666. The first-order valence-electron chi connectivity index (χ1n) is 4.43. The molecule has 0 bridgehead atoms. The highest BCUT2D eigenvalue weighted by atomic mass is 19.3. The fourth-order valence-corrected chi connectivity index (χ4v) is 1.52. The Labute approximate surface area is 76.2 Å². The molecule has 0 aromatic heterocycles. The Kier molecular flexibility index (Phi) is 3.36. The van der Waals surface area contributed by atoms with Gasteiger partial charge in [-0.25, -0.2) is 13.2 Å². The van der Waals surface area contributed by atoms with Crippen molar-refractivity contribution >= 4 is 0 Å². The van der Waals surface area contributed by atoms with Crippen LogP contribution in [0.4, 0.5) is 13.2 Å². The number of nitrogens with zero attached hydrogens (tertiary/aromatic N) is 1. The van der Waals surface area contributed by atoms with Gasteiger partial charge in [-0.15, -0.1) is 0 Å². The summed E-state index contributed by atoms with van der Waals surface area (Å²) in [5.74, 6) is -3.02. The second-order valence-corrected chi connectivity index (χ2v) is 3.50. The van der Waals surface area contributed by atoms with E-state index in [0.29, 0.717) is 19.5 Å². The maximum atomic E-state index is 12.8. The second kappa shape index (κ2) is 4.13. The molecule has 1 fully saturated rings. The first-order valence-corrected chi connectivity index (χ1v) is 4.43. The van der Waals surface area contributed by atoms with E-state index in [0.717, 1.165) is 0 Å². The third-order valence-corrected chi connectivity index (χ3v) is 2.17. The predicted molar refractivity (Wildman–Crippen MR) is 45.5 cm³/mol. The molecule has 0 amide bonds. The summed E-state index contributed by atoms with van der Waals surface area (Å²) in [5, 5.41) is 0. The Balaban J connectivity index is 2.30. The van der Waals surface area contributed by atoms with Crippen LogP contribution in [0.15, 0.2) is 12.4 Å². The maximum absolute atomic E-state index is 12.8. The molecule has 76 valence electrons. The van der Waals surface area contributed by atoms with Crippen LogP contribution in [0.2, 0.25) is 0 Å². The van der Waals surface area contributed by atoms with Gasteiger partial charge in [-0.2, -0.15) is 0 Å². The zero-order valence-electron chi connectivity index (χ0n) is 7.53. The van der Waals surface area contributed by atoms with Crippen LogP contribution in [-0.4, -0.2) is 30.5 Å². The smallest absolute Gasteiger partial charge is 0.260 e. The molecule has 0 N–H and O–H groups in total. The molecule has 4 heteroatoms. The molecule has 1 aliphatic heterocycles. The standard InChI is InChI=1S/C9H14F3N/c1-8(10)3-6-13-5-2-4-9(11,12)7-13/h1-7H2. The van der Waals surface area contributed by atoms with E-state index in [-0.39, 0.29) is 19.4 Å². The number of likely N-dealkylation sites (tertiary alicyclic amines) is 1. The SMILES string of the molecule is C=C(F)CCN1CCCC(F)(F)C1. The zero-order chi connectivity index (χ0) is 9.90.